The number of carbonyl (C=O) groups excluding carboxylic acids is 1. The number of hydrazone groups is 1. The zero-order chi connectivity index (χ0) is 24.0. The molecule has 168 valence electrons. The van der Waals surface area contributed by atoms with Crippen LogP contribution in [0.1, 0.15) is 15.9 Å². The van der Waals surface area contributed by atoms with Crippen LogP contribution in [-0.4, -0.2) is 29.1 Å². The number of esters is 1. The van der Waals surface area contributed by atoms with Crippen LogP contribution in [0.25, 0.3) is 0 Å². The Morgan fingerprint density at radius 3 is 2.45 bits per heavy atom. The molecule has 0 radical (unpaired) electrons. The van der Waals surface area contributed by atoms with Gasteiger partial charge in [0.1, 0.15) is 5.69 Å². The van der Waals surface area contributed by atoms with Gasteiger partial charge in [-0.1, -0.05) is 12.1 Å². The summed E-state index contributed by atoms with van der Waals surface area (Å²) < 4.78 is 11.5. The van der Waals surface area contributed by atoms with Crippen molar-refractivity contribution in [2.75, 3.05) is 12.5 Å². The van der Waals surface area contributed by atoms with Crippen LogP contribution in [0.4, 0.5) is 17.1 Å². The molecular weight excluding hydrogens is 547 g/mol. The number of carbonyl (C=O) groups is 1. The first-order chi connectivity index (χ1) is 15.8. The van der Waals surface area contributed by atoms with Gasteiger partial charge < -0.3 is 9.47 Å². The maximum absolute atomic E-state index is 12.5. The number of nitrogens with zero attached hydrogens (tertiary/aromatic N) is 3. The van der Waals surface area contributed by atoms with Gasteiger partial charge in [0.05, 0.1) is 34.8 Å². The Balaban J connectivity index is 1.76. The lowest BCUT2D eigenvalue weighted by molar-refractivity contribution is -0.393. The van der Waals surface area contributed by atoms with Crippen molar-refractivity contribution in [1.82, 2.24) is 0 Å². The molecule has 0 aliphatic heterocycles. The molecule has 3 aromatic carbocycles. The van der Waals surface area contributed by atoms with E-state index in [0.29, 0.717) is 11.1 Å². The summed E-state index contributed by atoms with van der Waals surface area (Å²) in [4.78, 5) is 33.0. The molecule has 12 heteroatoms. The van der Waals surface area contributed by atoms with E-state index < -0.39 is 27.2 Å². The number of benzene rings is 3. The van der Waals surface area contributed by atoms with Gasteiger partial charge in [-0.05, 0) is 64.6 Å². The van der Waals surface area contributed by atoms with E-state index in [1.165, 1.54) is 25.5 Å². The molecule has 3 rings (SSSR count). The number of anilines is 1. The van der Waals surface area contributed by atoms with Crippen molar-refractivity contribution < 1.29 is 24.1 Å². The van der Waals surface area contributed by atoms with Crippen molar-refractivity contribution in [3.8, 4) is 11.5 Å². The third-order valence-corrected chi connectivity index (χ3v) is 5.21. The molecule has 0 saturated carbocycles. The zero-order valence-corrected chi connectivity index (χ0v) is 19.1. The number of nitro benzene ring substituents is 2. The van der Waals surface area contributed by atoms with Gasteiger partial charge in [-0.2, -0.15) is 5.10 Å². The normalized spacial score (nSPS) is 10.6. The van der Waals surface area contributed by atoms with Crippen LogP contribution < -0.4 is 14.9 Å². The maximum Gasteiger partial charge on any atom is 0.344 e. The van der Waals surface area contributed by atoms with Gasteiger partial charge in [0.2, 0.25) is 0 Å². The SMILES string of the molecule is COc1cc(/C=N\Nc2ccc([N+](=O)[O-])cc2[N+](=O)[O-])ccc1OC(=O)c1ccccc1I. The van der Waals surface area contributed by atoms with Gasteiger partial charge in [-0.15, -0.1) is 0 Å². The summed E-state index contributed by atoms with van der Waals surface area (Å²) >= 11 is 2.04. The van der Waals surface area contributed by atoms with Crippen molar-refractivity contribution >= 4 is 51.8 Å². The van der Waals surface area contributed by atoms with E-state index in [0.717, 1.165) is 15.7 Å². The van der Waals surface area contributed by atoms with Crippen molar-refractivity contribution in [1.29, 1.82) is 0 Å². The molecule has 0 unspecified atom stereocenters. The Hall–Kier alpha value is -4.07. The lowest BCUT2D eigenvalue weighted by Gasteiger charge is -2.10. The van der Waals surface area contributed by atoms with Gasteiger partial charge >= 0.3 is 11.7 Å². The Labute approximate surface area is 200 Å². The highest BCUT2D eigenvalue weighted by atomic mass is 127. The van der Waals surface area contributed by atoms with Crippen LogP contribution in [0.2, 0.25) is 0 Å². The van der Waals surface area contributed by atoms with E-state index in [9.17, 15) is 25.0 Å². The summed E-state index contributed by atoms with van der Waals surface area (Å²) in [6.07, 6.45) is 1.36. The molecule has 0 aliphatic carbocycles. The molecule has 0 aromatic heterocycles. The number of nitrogens with one attached hydrogen (secondary N) is 1. The van der Waals surface area contributed by atoms with Crippen molar-refractivity contribution in [3.05, 3.63) is 95.6 Å². The first kappa shape index (κ1) is 23.6. The second-order valence-electron chi connectivity index (χ2n) is 6.37. The average Bonchev–Trinajstić information content (AvgIpc) is 2.80. The fourth-order valence-corrected chi connectivity index (χ4v) is 3.29. The minimum Gasteiger partial charge on any atom is -0.493 e. The van der Waals surface area contributed by atoms with Crippen LogP contribution in [0.15, 0.2) is 65.8 Å². The molecule has 0 spiro atoms. The van der Waals surface area contributed by atoms with Crippen LogP contribution in [0.5, 0.6) is 11.5 Å². The minimum atomic E-state index is -0.745. The van der Waals surface area contributed by atoms with Gasteiger partial charge in [-0.25, -0.2) is 4.79 Å². The summed E-state index contributed by atoms with van der Waals surface area (Å²) in [5.41, 5.74) is 2.54. The second kappa shape index (κ2) is 10.5. The average molecular weight is 562 g/mol. The highest BCUT2D eigenvalue weighted by Gasteiger charge is 2.19. The molecule has 0 fully saturated rings. The highest BCUT2D eigenvalue weighted by molar-refractivity contribution is 14.1. The lowest BCUT2D eigenvalue weighted by Crippen LogP contribution is -2.11. The van der Waals surface area contributed by atoms with Gasteiger partial charge in [0, 0.05) is 9.64 Å². The third-order valence-electron chi connectivity index (χ3n) is 4.27. The van der Waals surface area contributed by atoms with Crippen LogP contribution in [0, 0.1) is 23.8 Å². The maximum atomic E-state index is 12.5. The molecule has 0 aliphatic rings. The summed E-state index contributed by atoms with van der Waals surface area (Å²) in [6.45, 7) is 0. The number of ether oxygens (including phenoxy) is 2. The van der Waals surface area contributed by atoms with Crippen LogP contribution >= 0.6 is 22.6 Å². The van der Waals surface area contributed by atoms with E-state index in [2.05, 4.69) is 10.5 Å². The predicted molar refractivity (Wildman–Crippen MR) is 128 cm³/mol. The Morgan fingerprint density at radius 1 is 1.03 bits per heavy atom. The zero-order valence-electron chi connectivity index (χ0n) is 16.9. The Morgan fingerprint density at radius 2 is 1.79 bits per heavy atom. The van der Waals surface area contributed by atoms with Gasteiger partial charge in [0.25, 0.3) is 5.69 Å². The topological polar surface area (TPSA) is 146 Å². The van der Waals surface area contributed by atoms with Crippen molar-refractivity contribution in [2.45, 2.75) is 0 Å². The van der Waals surface area contributed by atoms with Gasteiger partial charge in [-0.3, -0.25) is 25.7 Å². The first-order valence-corrected chi connectivity index (χ1v) is 10.2. The summed E-state index contributed by atoms with van der Waals surface area (Å²) in [5.74, 6) is -0.0512. The molecule has 0 saturated heterocycles. The summed E-state index contributed by atoms with van der Waals surface area (Å²) in [5, 5.41) is 26.0. The predicted octanol–water partition coefficient (Wildman–Crippen LogP) is 4.78. The van der Waals surface area contributed by atoms with E-state index >= 15 is 0 Å². The second-order valence-corrected chi connectivity index (χ2v) is 7.53. The molecule has 33 heavy (non-hydrogen) atoms. The van der Waals surface area contributed by atoms with Crippen LogP contribution in [-0.2, 0) is 0 Å². The van der Waals surface area contributed by atoms with E-state index in [1.807, 2.05) is 28.7 Å². The number of rotatable bonds is 8. The number of hydrogen-bond donors (Lipinski definition) is 1. The largest absolute Gasteiger partial charge is 0.493 e. The minimum absolute atomic E-state index is 0.0168. The van der Waals surface area contributed by atoms with Crippen molar-refractivity contribution in [3.63, 3.8) is 0 Å². The number of methoxy groups -OCH3 is 1. The molecule has 0 atom stereocenters. The number of nitro groups is 2. The fourth-order valence-electron chi connectivity index (χ4n) is 2.69. The molecule has 3 aromatic rings. The molecule has 0 bridgehead atoms. The smallest absolute Gasteiger partial charge is 0.344 e. The van der Waals surface area contributed by atoms with Crippen molar-refractivity contribution in [2.24, 2.45) is 5.10 Å². The van der Waals surface area contributed by atoms with E-state index in [-0.39, 0.29) is 17.2 Å². The number of hydrogen-bond acceptors (Lipinski definition) is 9. The molecule has 0 amide bonds. The summed E-state index contributed by atoms with van der Waals surface area (Å²) in [6, 6.07) is 14.9. The fraction of sp³-hybridized carbons (Fsp3) is 0.0476. The monoisotopic (exact) mass is 562 g/mol. The third kappa shape index (κ3) is 5.79. The standard InChI is InChI=1S/C21H15IN4O7/c1-32-20-10-13(6-9-19(20)33-21(27)15-4-2-3-5-16(15)22)12-23-24-17-8-7-14(25(28)29)11-18(17)26(30)31/h2-12,24H,1H3/b23-12-. The molecule has 11 nitrogen and oxygen atoms in total. The Bertz CT molecular complexity index is 1260. The summed E-state index contributed by atoms with van der Waals surface area (Å²) in [7, 11) is 1.42. The lowest BCUT2D eigenvalue weighted by atomic mass is 10.2. The Kier molecular flexibility index (Phi) is 7.50. The molecule has 1 N–H and O–H groups in total. The van der Waals surface area contributed by atoms with E-state index in [4.69, 9.17) is 9.47 Å². The molecular formula is C21H15IN4O7. The number of non-ortho nitro benzene ring substituents is 1. The van der Waals surface area contributed by atoms with Crippen LogP contribution in [0.3, 0.4) is 0 Å². The first-order valence-electron chi connectivity index (χ1n) is 9.17. The quantitative estimate of drug-likeness (QED) is 0.103. The highest BCUT2D eigenvalue weighted by Crippen LogP contribution is 2.30. The van der Waals surface area contributed by atoms with Gasteiger partial charge in [0.15, 0.2) is 11.5 Å². The van der Waals surface area contributed by atoms with E-state index in [1.54, 1.807) is 30.3 Å². The number of halogens is 1. The molecule has 0 heterocycles.